The van der Waals surface area contributed by atoms with Crippen molar-refractivity contribution in [2.75, 3.05) is 26.9 Å². The molecule has 0 unspecified atom stereocenters. The first kappa shape index (κ1) is 17.2. The normalized spacial score (nSPS) is 19.4. The Bertz CT molecular complexity index is 693. The highest BCUT2D eigenvalue weighted by Gasteiger charge is 2.29. The Morgan fingerprint density at radius 2 is 1.96 bits per heavy atom. The van der Waals surface area contributed by atoms with E-state index >= 15 is 0 Å². The highest BCUT2D eigenvalue weighted by atomic mass is 16.5. The fourth-order valence-electron chi connectivity index (χ4n) is 2.91. The number of nitrogens with one attached hydrogen (secondary N) is 1. The van der Waals surface area contributed by atoms with Crippen molar-refractivity contribution in [3.8, 4) is 11.5 Å². The molecule has 1 N–H and O–H groups in total. The quantitative estimate of drug-likeness (QED) is 0.831. The third-order valence-corrected chi connectivity index (χ3v) is 4.22. The number of aromatic nitrogens is 1. The second-order valence-electron chi connectivity index (χ2n) is 5.97. The highest BCUT2D eigenvalue weighted by Crippen LogP contribution is 2.25. The maximum absolute atomic E-state index is 12.2. The van der Waals surface area contributed by atoms with Gasteiger partial charge in [0.1, 0.15) is 0 Å². The van der Waals surface area contributed by atoms with Gasteiger partial charge in [0.2, 0.25) is 0 Å². The average Bonchev–Trinajstić information content (AvgIpc) is 3.07. The van der Waals surface area contributed by atoms with Gasteiger partial charge in [0.05, 0.1) is 26.4 Å². The van der Waals surface area contributed by atoms with E-state index in [-0.39, 0.29) is 24.5 Å². The maximum atomic E-state index is 12.2. The summed E-state index contributed by atoms with van der Waals surface area (Å²) in [5.74, 6) is 1.24. The number of amides is 1. The summed E-state index contributed by atoms with van der Waals surface area (Å²) in [7, 11) is 1.57. The summed E-state index contributed by atoms with van der Waals surface area (Å²) in [6.45, 7) is 1.11. The Hall–Kier alpha value is -2.60. The van der Waals surface area contributed by atoms with Crippen molar-refractivity contribution in [2.24, 2.45) is 5.92 Å². The number of hydrogen-bond donors (Lipinski definition) is 1. The average molecular weight is 342 g/mol. The number of nitrogens with zero attached hydrogens (tertiary/aromatic N) is 1. The molecule has 6 nitrogen and oxygen atoms in total. The van der Waals surface area contributed by atoms with Crippen molar-refractivity contribution in [2.45, 2.75) is 12.5 Å². The zero-order chi connectivity index (χ0) is 17.5. The van der Waals surface area contributed by atoms with Crippen LogP contribution in [0.4, 0.5) is 0 Å². The Morgan fingerprint density at radius 1 is 1.20 bits per heavy atom. The Morgan fingerprint density at radius 3 is 2.72 bits per heavy atom. The molecule has 0 bridgehead atoms. The number of pyridine rings is 1. The van der Waals surface area contributed by atoms with Gasteiger partial charge in [-0.1, -0.05) is 12.1 Å². The van der Waals surface area contributed by atoms with Gasteiger partial charge in [0, 0.05) is 18.3 Å². The van der Waals surface area contributed by atoms with Crippen LogP contribution in [0.3, 0.4) is 0 Å². The van der Waals surface area contributed by atoms with Crippen molar-refractivity contribution in [1.29, 1.82) is 0 Å². The van der Waals surface area contributed by atoms with Crippen LogP contribution in [-0.2, 0) is 16.0 Å². The molecular formula is C19H22N2O4. The Labute approximate surface area is 147 Å². The first-order valence-electron chi connectivity index (χ1n) is 8.28. The van der Waals surface area contributed by atoms with E-state index in [1.54, 1.807) is 31.6 Å². The van der Waals surface area contributed by atoms with Crippen LogP contribution in [0.15, 0.2) is 48.8 Å². The predicted molar refractivity (Wildman–Crippen MR) is 92.7 cm³/mol. The predicted octanol–water partition coefficient (Wildman–Crippen LogP) is 1.84. The van der Waals surface area contributed by atoms with Gasteiger partial charge in [-0.3, -0.25) is 9.78 Å². The number of rotatable bonds is 7. The fraction of sp³-hybridized carbons (Fsp3) is 0.368. The smallest absolute Gasteiger partial charge is 0.258 e. The van der Waals surface area contributed by atoms with Crippen molar-refractivity contribution in [1.82, 2.24) is 10.3 Å². The number of para-hydroxylation sites is 2. The van der Waals surface area contributed by atoms with Crippen LogP contribution >= 0.6 is 0 Å². The first-order chi connectivity index (χ1) is 12.3. The lowest BCUT2D eigenvalue weighted by molar-refractivity contribution is -0.124. The van der Waals surface area contributed by atoms with Crippen LogP contribution in [0.1, 0.15) is 5.56 Å². The Kier molecular flexibility index (Phi) is 5.85. The van der Waals surface area contributed by atoms with Crippen molar-refractivity contribution in [3.63, 3.8) is 0 Å². The van der Waals surface area contributed by atoms with Crippen LogP contribution in [-0.4, -0.2) is 43.9 Å². The third-order valence-electron chi connectivity index (χ3n) is 4.22. The molecule has 2 aromatic rings. The summed E-state index contributed by atoms with van der Waals surface area (Å²) in [4.78, 5) is 16.3. The number of benzene rings is 1. The molecule has 0 aliphatic carbocycles. The standard InChI is InChI=1S/C19H22N2O4/c1-23-17-4-2-3-5-18(17)25-13-19(22)21-16-12-24-11-15(16)10-14-6-8-20-9-7-14/h2-9,15-16H,10-13H2,1H3,(H,21,22)/t15-,16-/m1/s1. The van der Waals surface area contributed by atoms with E-state index in [9.17, 15) is 4.79 Å². The molecule has 1 amide bonds. The van der Waals surface area contributed by atoms with Crippen LogP contribution in [0.25, 0.3) is 0 Å². The summed E-state index contributed by atoms with van der Waals surface area (Å²) in [5.41, 5.74) is 1.19. The van der Waals surface area contributed by atoms with Gasteiger partial charge in [0.15, 0.2) is 18.1 Å². The van der Waals surface area contributed by atoms with Crippen LogP contribution in [0, 0.1) is 5.92 Å². The Balaban J connectivity index is 1.51. The van der Waals surface area contributed by atoms with Gasteiger partial charge in [-0.25, -0.2) is 0 Å². The largest absolute Gasteiger partial charge is 0.493 e. The van der Waals surface area contributed by atoms with E-state index in [1.807, 2.05) is 24.3 Å². The molecule has 1 aromatic carbocycles. The number of ether oxygens (including phenoxy) is 3. The second-order valence-corrected chi connectivity index (χ2v) is 5.97. The van der Waals surface area contributed by atoms with Gasteiger partial charge in [-0.2, -0.15) is 0 Å². The number of carbonyl (C=O) groups is 1. The molecule has 2 heterocycles. The number of methoxy groups -OCH3 is 1. The van der Waals surface area contributed by atoms with E-state index in [1.165, 1.54) is 5.56 Å². The zero-order valence-corrected chi connectivity index (χ0v) is 14.2. The van der Waals surface area contributed by atoms with Crippen LogP contribution in [0.5, 0.6) is 11.5 Å². The van der Waals surface area contributed by atoms with Crippen LogP contribution in [0.2, 0.25) is 0 Å². The summed E-state index contributed by atoms with van der Waals surface area (Å²) < 4.78 is 16.3. The second kappa shape index (κ2) is 8.48. The van der Waals surface area contributed by atoms with Gasteiger partial charge < -0.3 is 19.5 Å². The van der Waals surface area contributed by atoms with Crippen molar-refractivity contribution < 1.29 is 19.0 Å². The van der Waals surface area contributed by atoms with E-state index in [2.05, 4.69) is 10.3 Å². The molecule has 1 aliphatic rings. The molecule has 1 aliphatic heterocycles. The SMILES string of the molecule is COc1ccccc1OCC(=O)N[C@@H]1COC[C@H]1Cc1ccncc1. The molecule has 0 saturated carbocycles. The molecule has 0 radical (unpaired) electrons. The van der Waals surface area contributed by atoms with E-state index in [0.717, 1.165) is 6.42 Å². The lowest BCUT2D eigenvalue weighted by atomic mass is 9.95. The molecule has 1 aromatic heterocycles. The maximum Gasteiger partial charge on any atom is 0.258 e. The van der Waals surface area contributed by atoms with Crippen molar-refractivity contribution in [3.05, 3.63) is 54.4 Å². The minimum Gasteiger partial charge on any atom is -0.493 e. The molecular weight excluding hydrogens is 320 g/mol. The molecule has 0 spiro atoms. The fourth-order valence-corrected chi connectivity index (χ4v) is 2.91. The molecule has 2 atom stereocenters. The van der Waals surface area contributed by atoms with Gasteiger partial charge in [-0.05, 0) is 36.2 Å². The monoisotopic (exact) mass is 342 g/mol. The van der Waals surface area contributed by atoms with E-state index in [4.69, 9.17) is 14.2 Å². The van der Waals surface area contributed by atoms with E-state index < -0.39 is 0 Å². The molecule has 1 saturated heterocycles. The van der Waals surface area contributed by atoms with E-state index in [0.29, 0.717) is 24.7 Å². The van der Waals surface area contributed by atoms with Crippen LogP contribution < -0.4 is 14.8 Å². The molecule has 3 rings (SSSR count). The topological polar surface area (TPSA) is 69.7 Å². The molecule has 132 valence electrons. The summed E-state index contributed by atoms with van der Waals surface area (Å²) in [5, 5.41) is 3.01. The minimum atomic E-state index is -0.166. The molecule has 6 heteroatoms. The summed E-state index contributed by atoms with van der Waals surface area (Å²) in [6.07, 6.45) is 4.40. The zero-order valence-electron chi connectivity index (χ0n) is 14.2. The lowest BCUT2D eigenvalue weighted by Crippen LogP contribution is -2.42. The minimum absolute atomic E-state index is 0.0121. The van der Waals surface area contributed by atoms with Gasteiger partial charge >= 0.3 is 0 Å². The summed E-state index contributed by atoms with van der Waals surface area (Å²) in [6, 6.07) is 11.2. The summed E-state index contributed by atoms with van der Waals surface area (Å²) >= 11 is 0. The first-order valence-corrected chi connectivity index (χ1v) is 8.28. The lowest BCUT2D eigenvalue weighted by Gasteiger charge is -2.19. The highest BCUT2D eigenvalue weighted by molar-refractivity contribution is 5.78. The number of carbonyl (C=O) groups excluding carboxylic acids is 1. The third kappa shape index (κ3) is 4.70. The van der Waals surface area contributed by atoms with Crippen molar-refractivity contribution >= 4 is 5.91 Å². The van der Waals surface area contributed by atoms with Gasteiger partial charge in [-0.15, -0.1) is 0 Å². The molecule has 1 fully saturated rings. The van der Waals surface area contributed by atoms with Gasteiger partial charge in [0.25, 0.3) is 5.91 Å². The molecule has 25 heavy (non-hydrogen) atoms. The number of hydrogen-bond acceptors (Lipinski definition) is 5.